The number of ketones is 1. The van der Waals surface area contributed by atoms with Crippen molar-refractivity contribution in [2.45, 2.75) is 6.04 Å². The zero-order valence-corrected chi connectivity index (χ0v) is 22.0. The number of isothiocyanates is 1. The van der Waals surface area contributed by atoms with E-state index in [1.807, 2.05) is 0 Å². The Morgan fingerprint density at radius 1 is 0.718 bits per heavy atom. The molecule has 39 heavy (non-hydrogen) atoms. The van der Waals surface area contributed by atoms with E-state index < -0.39 is 48.8 Å². The minimum absolute atomic E-state index is 0.0108. The number of hydrogen-bond donors (Lipinski definition) is 4. The fourth-order valence-corrected chi connectivity index (χ4v) is 4.36. The number of rotatable bonds is 11. The number of hydrogen-bond acceptors (Lipinski definition) is 11. The van der Waals surface area contributed by atoms with Crippen LogP contribution in [0.1, 0.15) is 10.4 Å². The highest BCUT2D eigenvalue weighted by molar-refractivity contribution is 7.78. The third kappa shape index (κ3) is 11.4. The summed E-state index contributed by atoms with van der Waals surface area (Å²) in [5, 5.41) is 40.0. The minimum Gasteiger partial charge on any atom is -0.480 e. The number of nitrogens with zero attached hydrogens (tertiary/aromatic N) is 5. The van der Waals surface area contributed by atoms with E-state index in [4.69, 9.17) is 0 Å². The number of Topliss-reactive ketones (excluding diaryl/α,β-unsaturated/α-hetero) is 1. The average Bonchev–Trinajstić information content (AvgIpc) is 2.84. The van der Waals surface area contributed by atoms with Gasteiger partial charge in [-0.3, -0.25) is 43.6 Å². The minimum atomic E-state index is -1.22. The van der Waals surface area contributed by atoms with E-state index >= 15 is 0 Å². The quantitative estimate of drug-likeness (QED) is 0.153. The molecule has 2 rings (SSSR count). The highest BCUT2D eigenvalue weighted by atomic mass is 32.1. The highest BCUT2D eigenvalue weighted by Crippen LogP contribution is 2.17. The van der Waals surface area contributed by atoms with Gasteiger partial charge in [-0.25, -0.2) is 0 Å². The second kappa shape index (κ2) is 15.7. The number of carbonyl (C=O) groups excluding carboxylic acids is 1. The average molecular weight is 566 g/mol. The van der Waals surface area contributed by atoms with Crippen LogP contribution < -0.4 is 0 Å². The zero-order valence-electron chi connectivity index (χ0n) is 21.1. The summed E-state index contributed by atoms with van der Waals surface area (Å²) in [6.45, 7) is -1.24. The number of aliphatic carboxylic acids is 4. The maximum atomic E-state index is 13.7. The van der Waals surface area contributed by atoms with Crippen molar-refractivity contribution < 1.29 is 44.4 Å². The lowest BCUT2D eigenvalue weighted by atomic mass is 10.0. The van der Waals surface area contributed by atoms with Crippen LogP contribution in [0.2, 0.25) is 0 Å². The molecule has 1 atom stereocenters. The summed E-state index contributed by atoms with van der Waals surface area (Å²) >= 11 is 4.59. The topological polar surface area (TPSA) is 192 Å². The smallest absolute Gasteiger partial charge is 0.317 e. The van der Waals surface area contributed by atoms with Crippen LogP contribution >= 0.6 is 12.2 Å². The Labute approximate surface area is 229 Å². The molecule has 4 N–H and O–H groups in total. The molecule has 0 radical (unpaired) electrons. The van der Waals surface area contributed by atoms with E-state index in [9.17, 15) is 44.4 Å². The van der Waals surface area contributed by atoms with Gasteiger partial charge in [0.05, 0.1) is 43.1 Å². The van der Waals surface area contributed by atoms with E-state index in [-0.39, 0.29) is 64.5 Å². The summed E-state index contributed by atoms with van der Waals surface area (Å²) in [6.07, 6.45) is 0. The van der Waals surface area contributed by atoms with Crippen molar-refractivity contribution in [3.8, 4) is 0 Å². The van der Waals surface area contributed by atoms with Gasteiger partial charge >= 0.3 is 23.9 Å². The van der Waals surface area contributed by atoms with Gasteiger partial charge in [-0.1, -0.05) is 0 Å². The third-order valence-electron chi connectivity index (χ3n) is 6.08. The van der Waals surface area contributed by atoms with E-state index in [1.165, 1.54) is 34.1 Å². The van der Waals surface area contributed by atoms with Crippen LogP contribution in [-0.4, -0.2) is 153 Å². The van der Waals surface area contributed by atoms with Crippen LogP contribution in [0.25, 0.3) is 0 Å². The zero-order chi connectivity index (χ0) is 28.9. The van der Waals surface area contributed by atoms with Crippen molar-refractivity contribution in [1.82, 2.24) is 19.6 Å². The Hall–Kier alpha value is -3.59. The normalized spacial score (nSPS) is 18.7. The maximum absolute atomic E-state index is 13.7. The predicted molar refractivity (Wildman–Crippen MR) is 141 cm³/mol. The van der Waals surface area contributed by atoms with Crippen LogP contribution in [0.4, 0.5) is 5.69 Å². The molecule has 0 amide bonds. The summed E-state index contributed by atoms with van der Waals surface area (Å²) in [4.78, 5) is 69.7. The molecule has 1 aliphatic rings. The lowest BCUT2D eigenvalue weighted by Crippen LogP contribution is -2.55. The summed E-state index contributed by atoms with van der Waals surface area (Å²) in [5.41, 5.74) is 0.689. The molecule has 0 aromatic heterocycles. The molecule has 1 unspecified atom stereocenters. The van der Waals surface area contributed by atoms with E-state index in [1.54, 1.807) is 9.80 Å². The fraction of sp³-hybridized carbons (Fsp3) is 0.500. The molecule has 0 spiro atoms. The van der Waals surface area contributed by atoms with E-state index in [0.29, 0.717) is 5.69 Å². The van der Waals surface area contributed by atoms with Gasteiger partial charge in [0.1, 0.15) is 0 Å². The molecule has 1 fully saturated rings. The first-order valence-electron chi connectivity index (χ1n) is 12.0. The number of thiocarbonyl (C=S) groups is 1. The van der Waals surface area contributed by atoms with Crippen molar-refractivity contribution in [1.29, 1.82) is 0 Å². The first-order valence-corrected chi connectivity index (χ1v) is 12.4. The Bertz CT molecular complexity index is 1090. The highest BCUT2D eigenvalue weighted by Gasteiger charge is 2.32. The molecule has 14 nitrogen and oxygen atoms in total. The Morgan fingerprint density at radius 3 is 1.62 bits per heavy atom. The largest absolute Gasteiger partial charge is 0.480 e. The Morgan fingerprint density at radius 2 is 1.15 bits per heavy atom. The van der Waals surface area contributed by atoms with Crippen molar-refractivity contribution in [2.75, 3.05) is 72.0 Å². The first kappa shape index (κ1) is 31.6. The molecule has 15 heteroatoms. The van der Waals surface area contributed by atoms with Crippen molar-refractivity contribution >= 4 is 52.7 Å². The van der Waals surface area contributed by atoms with Gasteiger partial charge in [0.15, 0.2) is 5.78 Å². The molecule has 1 aromatic carbocycles. The van der Waals surface area contributed by atoms with Crippen molar-refractivity contribution in [3.63, 3.8) is 0 Å². The third-order valence-corrected chi connectivity index (χ3v) is 6.18. The van der Waals surface area contributed by atoms with Gasteiger partial charge in [-0.2, -0.15) is 4.99 Å². The summed E-state index contributed by atoms with van der Waals surface area (Å²) in [7, 11) is 0. The molecule has 1 aromatic rings. The number of carbonyl (C=O) groups is 5. The van der Waals surface area contributed by atoms with Gasteiger partial charge in [0.25, 0.3) is 0 Å². The second-order valence-corrected chi connectivity index (χ2v) is 9.15. The van der Waals surface area contributed by atoms with Crippen LogP contribution in [0.3, 0.4) is 0 Å². The first-order chi connectivity index (χ1) is 18.5. The molecule has 0 bridgehead atoms. The molecular formula is C24H31N5O9S. The van der Waals surface area contributed by atoms with Crippen molar-refractivity contribution in [2.24, 2.45) is 4.99 Å². The lowest BCUT2D eigenvalue weighted by Gasteiger charge is -2.36. The maximum Gasteiger partial charge on any atom is 0.317 e. The Balaban J connectivity index is 2.49. The fourth-order valence-electron chi connectivity index (χ4n) is 4.26. The van der Waals surface area contributed by atoms with Gasteiger partial charge < -0.3 is 20.4 Å². The van der Waals surface area contributed by atoms with Crippen LogP contribution in [0.5, 0.6) is 0 Å². The Kier molecular flexibility index (Phi) is 12.8. The number of benzene rings is 1. The van der Waals surface area contributed by atoms with Crippen LogP contribution in [-0.2, 0) is 19.2 Å². The molecule has 212 valence electrons. The number of carboxylic acids is 4. The summed E-state index contributed by atoms with van der Waals surface area (Å²) < 4.78 is 0. The molecule has 1 aliphatic heterocycles. The van der Waals surface area contributed by atoms with Gasteiger partial charge in [-0.15, -0.1) is 0 Å². The predicted octanol–water partition coefficient (Wildman–Crippen LogP) is -0.468. The molecule has 0 aliphatic carbocycles. The van der Waals surface area contributed by atoms with E-state index in [0.717, 1.165) is 0 Å². The summed E-state index contributed by atoms with van der Waals surface area (Å²) in [5.74, 6) is -5.06. The standard InChI is InChI=1S/C24H31N5O9S/c30-20(31)12-26-5-6-27(13-21(32)33)9-10-29(15-23(36)37)19(11-28(8-7-26)14-22(34)35)24(38)17-1-3-18(4-2-17)25-16-39/h1-4,19H,5-15H2,(H,30,31)(H,32,33)(H,34,35)(H,36,37). The van der Waals surface area contributed by atoms with Crippen LogP contribution in [0, 0.1) is 0 Å². The van der Waals surface area contributed by atoms with Crippen molar-refractivity contribution in [3.05, 3.63) is 29.8 Å². The lowest BCUT2D eigenvalue weighted by molar-refractivity contribution is -0.141. The van der Waals surface area contributed by atoms with E-state index in [2.05, 4.69) is 22.4 Å². The molecule has 1 heterocycles. The molecule has 1 saturated heterocycles. The number of aliphatic imine (C=N–C) groups is 1. The van der Waals surface area contributed by atoms with Gasteiger partial charge in [-0.05, 0) is 36.5 Å². The SMILES string of the molecule is O=C(O)CN1CCN(CC(=O)O)CCN(CC(=O)O)C(C(=O)c2ccc(N=C=S)cc2)CN(CC(=O)O)CC1. The second-order valence-electron chi connectivity index (χ2n) is 8.96. The van der Waals surface area contributed by atoms with Crippen LogP contribution in [0.15, 0.2) is 29.3 Å². The summed E-state index contributed by atoms with van der Waals surface area (Å²) in [6, 6.07) is 4.97. The van der Waals surface area contributed by atoms with Gasteiger partial charge in [0, 0.05) is 51.4 Å². The molecule has 0 saturated carbocycles. The monoisotopic (exact) mass is 565 g/mol. The molecular weight excluding hydrogens is 534 g/mol. The number of carboxylic acid groups (broad SMARTS) is 4. The van der Waals surface area contributed by atoms with Gasteiger partial charge in [0.2, 0.25) is 0 Å².